The number of nitrogen functional groups attached to an aromatic ring is 1. The lowest BCUT2D eigenvalue weighted by Gasteiger charge is -2.27. The number of rotatable bonds is 4. The summed E-state index contributed by atoms with van der Waals surface area (Å²) >= 11 is 0. The highest BCUT2D eigenvalue weighted by molar-refractivity contribution is 5.66. The first-order chi connectivity index (χ1) is 7.07. The Morgan fingerprint density at radius 3 is 2.80 bits per heavy atom. The van der Waals surface area contributed by atoms with Crippen molar-refractivity contribution in [1.29, 1.82) is 0 Å². The molecule has 0 saturated carbocycles. The summed E-state index contributed by atoms with van der Waals surface area (Å²) in [7, 11) is 2.05. The molecular weight excluding hydrogens is 186 g/mol. The lowest BCUT2D eigenvalue weighted by molar-refractivity contribution is 0.612. The predicted molar refractivity (Wildman–Crippen MR) is 66.2 cm³/mol. The van der Waals surface area contributed by atoms with E-state index in [-0.39, 0.29) is 0 Å². The molecule has 1 aromatic heterocycles. The molecule has 0 spiro atoms. The maximum Gasteiger partial charge on any atom is 0.152 e. The number of aromatic nitrogens is 1. The molecule has 0 aliphatic carbocycles. The van der Waals surface area contributed by atoms with Gasteiger partial charge in [-0.1, -0.05) is 13.3 Å². The van der Waals surface area contributed by atoms with Crippen LogP contribution in [0.4, 0.5) is 11.5 Å². The van der Waals surface area contributed by atoms with E-state index in [0.717, 1.165) is 23.5 Å². The maximum absolute atomic E-state index is 6.01. The molecule has 0 aliphatic heterocycles. The van der Waals surface area contributed by atoms with Crippen molar-refractivity contribution in [2.24, 2.45) is 0 Å². The fourth-order valence-electron chi connectivity index (χ4n) is 1.66. The van der Waals surface area contributed by atoms with Crippen LogP contribution in [-0.2, 0) is 0 Å². The number of nitrogens with two attached hydrogens (primary N) is 1. The van der Waals surface area contributed by atoms with Gasteiger partial charge in [-0.15, -0.1) is 0 Å². The van der Waals surface area contributed by atoms with E-state index in [9.17, 15) is 0 Å². The predicted octanol–water partition coefficient (Wildman–Crippen LogP) is 2.60. The van der Waals surface area contributed by atoms with Crippen LogP contribution in [0.2, 0.25) is 0 Å². The molecule has 0 bridgehead atoms. The van der Waals surface area contributed by atoms with Gasteiger partial charge in [0.2, 0.25) is 0 Å². The van der Waals surface area contributed by atoms with Gasteiger partial charge in [0.25, 0.3) is 0 Å². The zero-order chi connectivity index (χ0) is 11.4. The molecule has 1 heterocycles. The van der Waals surface area contributed by atoms with Crippen LogP contribution in [0.25, 0.3) is 0 Å². The quantitative estimate of drug-likeness (QED) is 0.825. The fourth-order valence-corrected chi connectivity index (χ4v) is 1.66. The van der Waals surface area contributed by atoms with Gasteiger partial charge >= 0.3 is 0 Å². The first-order valence-electron chi connectivity index (χ1n) is 5.51. The van der Waals surface area contributed by atoms with Gasteiger partial charge in [-0.3, -0.25) is 0 Å². The van der Waals surface area contributed by atoms with Crippen LogP contribution >= 0.6 is 0 Å². The first kappa shape index (κ1) is 11.8. The molecule has 3 nitrogen and oxygen atoms in total. The average Bonchev–Trinajstić information content (AvgIpc) is 2.21. The summed E-state index contributed by atoms with van der Waals surface area (Å²) < 4.78 is 0. The fraction of sp³-hybridized carbons (Fsp3) is 0.583. The Bertz CT molecular complexity index is 323. The summed E-state index contributed by atoms with van der Waals surface area (Å²) in [5.41, 5.74) is 7.90. The summed E-state index contributed by atoms with van der Waals surface area (Å²) in [6.07, 6.45) is 4.15. The summed E-state index contributed by atoms with van der Waals surface area (Å²) in [6, 6.07) is 2.42. The van der Waals surface area contributed by atoms with E-state index in [1.807, 2.05) is 19.2 Å². The third-order valence-electron chi connectivity index (χ3n) is 2.89. The lowest BCUT2D eigenvalue weighted by Crippen LogP contribution is -2.30. The first-order valence-corrected chi connectivity index (χ1v) is 5.51. The Morgan fingerprint density at radius 1 is 1.53 bits per heavy atom. The molecule has 0 amide bonds. The van der Waals surface area contributed by atoms with Gasteiger partial charge in [0.05, 0.1) is 5.69 Å². The molecule has 0 radical (unpaired) electrons. The molecule has 0 saturated heterocycles. The smallest absolute Gasteiger partial charge is 0.152 e. The van der Waals surface area contributed by atoms with Crippen molar-refractivity contribution >= 4 is 11.5 Å². The standard InChI is InChI=1S/C12H21N3/c1-5-6-10(3)15(4)12-11(13)9(2)7-8-14-12/h7-8,10H,5-6,13H2,1-4H3. The van der Waals surface area contributed by atoms with E-state index in [1.165, 1.54) is 6.42 Å². The average molecular weight is 207 g/mol. The minimum Gasteiger partial charge on any atom is -0.396 e. The Hall–Kier alpha value is -1.25. The number of pyridine rings is 1. The van der Waals surface area contributed by atoms with Crippen molar-refractivity contribution in [2.75, 3.05) is 17.7 Å². The number of hydrogen-bond acceptors (Lipinski definition) is 3. The number of hydrogen-bond donors (Lipinski definition) is 1. The van der Waals surface area contributed by atoms with Gasteiger partial charge < -0.3 is 10.6 Å². The number of nitrogens with zero attached hydrogens (tertiary/aromatic N) is 2. The van der Waals surface area contributed by atoms with Crippen LogP contribution in [0.1, 0.15) is 32.3 Å². The number of aryl methyl sites for hydroxylation is 1. The SMILES string of the molecule is CCCC(C)N(C)c1nccc(C)c1N. The van der Waals surface area contributed by atoms with Gasteiger partial charge in [0.1, 0.15) is 0 Å². The van der Waals surface area contributed by atoms with E-state index >= 15 is 0 Å². The molecule has 0 aliphatic rings. The van der Waals surface area contributed by atoms with Gasteiger partial charge in [-0.05, 0) is 31.9 Å². The largest absolute Gasteiger partial charge is 0.396 e. The molecule has 0 aromatic carbocycles. The van der Waals surface area contributed by atoms with Crippen LogP contribution in [0.15, 0.2) is 12.3 Å². The molecule has 1 rings (SSSR count). The third-order valence-corrected chi connectivity index (χ3v) is 2.89. The van der Waals surface area contributed by atoms with E-state index < -0.39 is 0 Å². The Labute approximate surface area is 92.3 Å². The highest BCUT2D eigenvalue weighted by atomic mass is 15.2. The van der Waals surface area contributed by atoms with Crippen molar-refractivity contribution in [3.63, 3.8) is 0 Å². The molecular formula is C12H21N3. The van der Waals surface area contributed by atoms with Crippen LogP contribution < -0.4 is 10.6 Å². The molecule has 15 heavy (non-hydrogen) atoms. The highest BCUT2D eigenvalue weighted by Crippen LogP contribution is 2.24. The van der Waals surface area contributed by atoms with Crippen molar-refractivity contribution in [3.05, 3.63) is 17.8 Å². The van der Waals surface area contributed by atoms with Crippen molar-refractivity contribution in [2.45, 2.75) is 39.7 Å². The maximum atomic E-state index is 6.01. The molecule has 1 unspecified atom stereocenters. The van der Waals surface area contributed by atoms with Crippen LogP contribution in [-0.4, -0.2) is 18.1 Å². The van der Waals surface area contributed by atoms with Gasteiger partial charge in [0.15, 0.2) is 5.82 Å². The zero-order valence-corrected chi connectivity index (χ0v) is 10.1. The Balaban J connectivity index is 2.90. The molecule has 0 fully saturated rings. The molecule has 1 atom stereocenters. The monoisotopic (exact) mass is 207 g/mol. The van der Waals surface area contributed by atoms with Gasteiger partial charge in [0, 0.05) is 19.3 Å². The second-order valence-electron chi connectivity index (χ2n) is 4.11. The van der Waals surface area contributed by atoms with E-state index in [4.69, 9.17) is 5.73 Å². The van der Waals surface area contributed by atoms with Crippen molar-refractivity contribution < 1.29 is 0 Å². The van der Waals surface area contributed by atoms with Crippen LogP contribution in [0.3, 0.4) is 0 Å². The van der Waals surface area contributed by atoms with E-state index in [1.54, 1.807) is 0 Å². The summed E-state index contributed by atoms with van der Waals surface area (Å²) in [6.45, 7) is 6.41. The molecule has 84 valence electrons. The minimum absolute atomic E-state index is 0.478. The zero-order valence-electron chi connectivity index (χ0n) is 10.1. The Kier molecular flexibility index (Phi) is 3.95. The lowest BCUT2D eigenvalue weighted by atomic mass is 10.1. The second kappa shape index (κ2) is 5.01. The summed E-state index contributed by atoms with van der Waals surface area (Å²) in [5.74, 6) is 0.899. The normalized spacial score (nSPS) is 12.5. The van der Waals surface area contributed by atoms with Gasteiger partial charge in [-0.2, -0.15) is 0 Å². The summed E-state index contributed by atoms with van der Waals surface area (Å²) in [5, 5.41) is 0. The van der Waals surface area contributed by atoms with E-state index in [0.29, 0.717) is 6.04 Å². The van der Waals surface area contributed by atoms with Crippen molar-refractivity contribution in [1.82, 2.24) is 4.98 Å². The van der Waals surface area contributed by atoms with Crippen LogP contribution in [0, 0.1) is 6.92 Å². The second-order valence-corrected chi connectivity index (χ2v) is 4.11. The highest BCUT2D eigenvalue weighted by Gasteiger charge is 2.13. The minimum atomic E-state index is 0.478. The molecule has 3 heteroatoms. The topological polar surface area (TPSA) is 42.2 Å². The third kappa shape index (κ3) is 2.61. The molecule has 2 N–H and O–H groups in total. The molecule has 1 aromatic rings. The summed E-state index contributed by atoms with van der Waals surface area (Å²) in [4.78, 5) is 6.50. The Morgan fingerprint density at radius 2 is 2.20 bits per heavy atom. The van der Waals surface area contributed by atoms with Crippen molar-refractivity contribution in [3.8, 4) is 0 Å². The van der Waals surface area contributed by atoms with Gasteiger partial charge in [-0.25, -0.2) is 4.98 Å². The van der Waals surface area contributed by atoms with E-state index in [2.05, 4.69) is 30.8 Å². The number of anilines is 2. The van der Waals surface area contributed by atoms with Crippen LogP contribution in [0.5, 0.6) is 0 Å².